The highest BCUT2D eigenvalue weighted by atomic mass is 19.1. The molecule has 5 atom stereocenters. The first-order chi connectivity index (χ1) is 13.4. The maximum absolute atomic E-state index is 13.6. The number of nitrogens with two attached hydrogens (primary N) is 1. The van der Waals surface area contributed by atoms with E-state index in [0.29, 0.717) is 23.4 Å². The van der Waals surface area contributed by atoms with Gasteiger partial charge in [0, 0.05) is 29.6 Å². The SMILES string of the molecule is Cc1ncnc2c1ccn2[C@@H]1C[C@H](Oc2ccc(F)cc2C(C)N)[C@@H](O)[C@H]1O. The summed E-state index contributed by atoms with van der Waals surface area (Å²) in [5, 5.41) is 22.1. The molecule has 148 valence electrons. The first kappa shape index (κ1) is 18.8. The summed E-state index contributed by atoms with van der Waals surface area (Å²) in [6.07, 6.45) is 0.883. The Bertz CT molecular complexity index is 1010. The summed E-state index contributed by atoms with van der Waals surface area (Å²) in [5.74, 6) is 0.00206. The van der Waals surface area contributed by atoms with Crippen molar-refractivity contribution in [3.63, 3.8) is 0 Å². The fourth-order valence-corrected chi connectivity index (χ4v) is 3.87. The lowest BCUT2D eigenvalue weighted by Crippen LogP contribution is -2.34. The zero-order valence-corrected chi connectivity index (χ0v) is 15.7. The van der Waals surface area contributed by atoms with Crippen LogP contribution >= 0.6 is 0 Å². The largest absolute Gasteiger partial charge is 0.487 e. The molecular weight excluding hydrogens is 363 g/mol. The quantitative estimate of drug-likeness (QED) is 0.633. The molecule has 7 nitrogen and oxygen atoms in total. The van der Waals surface area contributed by atoms with Gasteiger partial charge >= 0.3 is 0 Å². The molecule has 0 spiro atoms. The second-order valence-electron chi connectivity index (χ2n) is 7.33. The smallest absolute Gasteiger partial charge is 0.143 e. The van der Waals surface area contributed by atoms with Gasteiger partial charge in [0.2, 0.25) is 0 Å². The summed E-state index contributed by atoms with van der Waals surface area (Å²) in [4.78, 5) is 8.50. The van der Waals surface area contributed by atoms with Gasteiger partial charge < -0.3 is 25.3 Å². The molecular formula is C20H23FN4O3. The van der Waals surface area contributed by atoms with Crippen molar-refractivity contribution >= 4 is 11.0 Å². The van der Waals surface area contributed by atoms with E-state index >= 15 is 0 Å². The number of aromatic nitrogens is 3. The van der Waals surface area contributed by atoms with E-state index in [1.54, 1.807) is 6.92 Å². The first-order valence-electron chi connectivity index (χ1n) is 9.22. The van der Waals surface area contributed by atoms with E-state index in [9.17, 15) is 14.6 Å². The molecule has 0 radical (unpaired) electrons. The van der Waals surface area contributed by atoms with Gasteiger partial charge in [-0.2, -0.15) is 0 Å². The number of halogens is 1. The van der Waals surface area contributed by atoms with Crippen LogP contribution in [-0.4, -0.2) is 43.1 Å². The lowest BCUT2D eigenvalue weighted by atomic mass is 10.1. The summed E-state index contributed by atoms with van der Waals surface area (Å²) in [6, 6.07) is 5.17. The second kappa shape index (κ2) is 7.12. The Morgan fingerprint density at radius 2 is 2.04 bits per heavy atom. The Morgan fingerprint density at radius 3 is 2.79 bits per heavy atom. The zero-order valence-electron chi connectivity index (χ0n) is 15.7. The molecule has 3 aromatic rings. The highest BCUT2D eigenvalue weighted by molar-refractivity contribution is 5.78. The van der Waals surface area contributed by atoms with Crippen molar-refractivity contribution in [3.8, 4) is 5.75 Å². The van der Waals surface area contributed by atoms with Crippen LogP contribution < -0.4 is 10.5 Å². The number of hydrogen-bond donors (Lipinski definition) is 3. The Labute approximate surface area is 161 Å². The number of rotatable bonds is 4. The van der Waals surface area contributed by atoms with Gasteiger partial charge in [-0.05, 0) is 38.1 Å². The minimum Gasteiger partial charge on any atom is -0.487 e. The molecule has 1 fully saturated rings. The summed E-state index contributed by atoms with van der Waals surface area (Å²) in [5.41, 5.74) is 7.98. The van der Waals surface area contributed by atoms with Crippen LogP contribution in [-0.2, 0) is 0 Å². The number of fused-ring (bicyclic) bond motifs is 1. The van der Waals surface area contributed by atoms with Crippen molar-refractivity contribution in [1.82, 2.24) is 14.5 Å². The Kier molecular flexibility index (Phi) is 4.78. The van der Waals surface area contributed by atoms with Gasteiger partial charge in [-0.15, -0.1) is 0 Å². The molecule has 1 saturated carbocycles. The molecule has 8 heteroatoms. The van der Waals surface area contributed by atoms with Crippen molar-refractivity contribution in [2.24, 2.45) is 5.73 Å². The van der Waals surface area contributed by atoms with E-state index in [1.807, 2.05) is 23.8 Å². The third-order valence-corrected chi connectivity index (χ3v) is 5.41. The summed E-state index contributed by atoms with van der Waals surface area (Å²) in [7, 11) is 0. The number of benzene rings is 1. The van der Waals surface area contributed by atoms with Gasteiger partial charge in [-0.3, -0.25) is 0 Å². The van der Waals surface area contributed by atoms with E-state index in [4.69, 9.17) is 10.5 Å². The van der Waals surface area contributed by atoms with Crippen LogP contribution in [0.3, 0.4) is 0 Å². The van der Waals surface area contributed by atoms with Crippen LogP contribution in [0, 0.1) is 12.7 Å². The van der Waals surface area contributed by atoms with E-state index in [2.05, 4.69) is 9.97 Å². The topological polar surface area (TPSA) is 106 Å². The predicted octanol–water partition coefficient (Wildman–Crippen LogP) is 2.01. The number of ether oxygens (including phenoxy) is 1. The lowest BCUT2D eigenvalue weighted by Gasteiger charge is -2.21. The van der Waals surface area contributed by atoms with Crippen LogP contribution in [0.4, 0.5) is 4.39 Å². The molecule has 2 heterocycles. The Hall–Kier alpha value is -2.55. The van der Waals surface area contributed by atoms with Crippen molar-refractivity contribution in [3.05, 3.63) is 53.9 Å². The first-order valence-corrected chi connectivity index (χ1v) is 9.22. The number of hydrogen-bond acceptors (Lipinski definition) is 6. The van der Waals surface area contributed by atoms with Crippen LogP contribution in [0.5, 0.6) is 5.75 Å². The normalized spacial score (nSPS) is 25.9. The minimum atomic E-state index is -1.10. The standard InChI is InChI=1S/C20H23FN4O3/c1-10(22)14-7-12(21)3-4-16(14)28-17-8-15(18(26)19(17)27)25-6-5-13-11(2)23-9-24-20(13)25/h3-7,9-10,15,17-19,26-27H,8,22H2,1-2H3/t10?,15-,17+,18+,19-/m1/s1. The molecule has 1 aromatic carbocycles. The maximum Gasteiger partial charge on any atom is 0.143 e. The van der Waals surface area contributed by atoms with Gasteiger partial charge in [0.1, 0.15) is 41.9 Å². The fraction of sp³-hybridized carbons (Fsp3) is 0.400. The highest BCUT2D eigenvalue weighted by Crippen LogP contribution is 2.37. The van der Waals surface area contributed by atoms with Crippen LogP contribution in [0.1, 0.15) is 36.7 Å². The summed E-state index contributed by atoms with van der Waals surface area (Å²) in [6.45, 7) is 3.63. The van der Waals surface area contributed by atoms with E-state index < -0.39 is 36.2 Å². The average Bonchev–Trinajstić information content (AvgIpc) is 3.20. The molecule has 1 aliphatic carbocycles. The molecule has 0 bridgehead atoms. The van der Waals surface area contributed by atoms with Gasteiger partial charge in [-0.25, -0.2) is 14.4 Å². The van der Waals surface area contributed by atoms with Crippen LogP contribution in [0.15, 0.2) is 36.8 Å². The second-order valence-corrected chi connectivity index (χ2v) is 7.33. The Morgan fingerprint density at radius 1 is 1.25 bits per heavy atom. The van der Waals surface area contributed by atoms with Gasteiger partial charge in [-0.1, -0.05) is 0 Å². The van der Waals surface area contributed by atoms with Crippen molar-refractivity contribution < 1.29 is 19.3 Å². The predicted molar refractivity (Wildman–Crippen MR) is 101 cm³/mol. The third kappa shape index (κ3) is 3.13. The van der Waals surface area contributed by atoms with Crippen molar-refractivity contribution in [1.29, 1.82) is 0 Å². The van der Waals surface area contributed by atoms with Crippen molar-refractivity contribution in [2.75, 3.05) is 0 Å². The molecule has 1 unspecified atom stereocenters. The van der Waals surface area contributed by atoms with Crippen LogP contribution in [0.2, 0.25) is 0 Å². The van der Waals surface area contributed by atoms with Crippen molar-refractivity contribution in [2.45, 2.75) is 50.7 Å². The number of aliphatic hydroxyl groups is 2. The zero-order chi connectivity index (χ0) is 20.0. The highest BCUT2D eigenvalue weighted by Gasteiger charge is 2.44. The molecule has 4 rings (SSSR count). The molecule has 4 N–H and O–H groups in total. The lowest BCUT2D eigenvalue weighted by molar-refractivity contribution is -0.0166. The van der Waals surface area contributed by atoms with Crippen LogP contribution in [0.25, 0.3) is 11.0 Å². The molecule has 0 saturated heterocycles. The monoisotopic (exact) mass is 386 g/mol. The number of nitrogens with zero attached hydrogens (tertiary/aromatic N) is 3. The van der Waals surface area contributed by atoms with Gasteiger partial charge in [0.05, 0.1) is 11.7 Å². The van der Waals surface area contributed by atoms with Gasteiger partial charge in [0.25, 0.3) is 0 Å². The van der Waals surface area contributed by atoms with E-state index in [-0.39, 0.29) is 0 Å². The maximum atomic E-state index is 13.6. The minimum absolute atomic E-state index is 0.366. The average molecular weight is 386 g/mol. The molecule has 28 heavy (non-hydrogen) atoms. The molecule has 0 amide bonds. The van der Waals surface area contributed by atoms with E-state index in [0.717, 1.165) is 11.1 Å². The number of aryl methyl sites for hydroxylation is 1. The third-order valence-electron chi connectivity index (χ3n) is 5.41. The fourth-order valence-electron chi connectivity index (χ4n) is 3.87. The molecule has 2 aromatic heterocycles. The molecule has 1 aliphatic rings. The van der Waals surface area contributed by atoms with Gasteiger partial charge in [0.15, 0.2) is 0 Å². The summed E-state index contributed by atoms with van der Waals surface area (Å²) >= 11 is 0. The Balaban J connectivity index is 1.63. The van der Waals surface area contributed by atoms with E-state index in [1.165, 1.54) is 24.5 Å². The number of aliphatic hydroxyl groups excluding tert-OH is 2. The molecule has 0 aliphatic heterocycles. The summed E-state index contributed by atoms with van der Waals surface area (Å²) < 4.78 is 21.4.